The Kier molecular flexibility index (Phi) is 4.28. The summed E-state index contributed by atoms with van der Waals surface area (Å²) in [6.07, 6.45) is 9.01. The van der Waals surface area contributed by atoms with Crippen molar-refractivity contribution >= 4 is 22.5 Å². The Morgan fingerprint density at radius 2 is 1.86 bits per heavy atom. The first-order valence-electron chi connectivity index (χ1n) is 9.80. The normalized spacial score (nSPS) is 14.0. The first-order chi connectivity index (χ1) is 13.8. The van der Waals surface area contributed by atoms with Gasteiger partial charge in [-0.15, -0.1) is 0 Å². The largest absolute Gasteiger partial charge is 0.455 e. The summed E-state index contributed by atoms with van der Waals surface area (Å²) in [5.41, 5.74) is 5.25. The Hall–Kier alpha value is -3.21. The van der Waals surface area contributed by atoms with Gasteiger partial charge < -0.3 is 9.14 Å². The van der Waals surface area contributed by atoms with E-state index in [9.17, 15) is 4.79 Å². The molecule has 1 aliphatic carbocycles. The number of rotatable bonds is 3. The number of aromatic nitrogens is 3. The van der Waals surface area contributed by atoms with Crippen LogP contribution in [0.2, 0.25) is 0 Å². The number of carbonyl (C=O) groups is 1. The molecule has 0 saturated carbocycles. The fraction of sp³-hybridized carbons (Fsp3) is 0.261. The number of esters is 1. The van der Waals surface area contributed by atoms with Crippen molar-refractivity contribution in [2.75, 3.05) is 0 Å². The van der Waals surface area contributed by atoms with Gasteiger partial charge in [0.2, 0.25) is 0 Å². The Labute approximate surface area is 163 Å². The molecule has 5 rings (SSSR count). The number of pyridine rings is 2. The fourth-order valence-corrected chi connectivity index (χ4v) is 4.05. The molecular weight excluding hydrogens is 350 g/mol. The van der Waals surface area contributed by atoms with E-state index in [0.29, 0.717) is 5.56 Å². The second-order valence-electron chi connectivity index (χ2n) is 7.26. The number of imidazole rings is 1. The molecule has 0 atom stereocenters. The van der Waals surface area contributed by atoms with Gasteiger partial charge in [0, 0.05) is 23.5 Å². The van der Waals surface area contributed by atoms with E-state index >= 15 is 0 Å². The zero-order chi connectivity index (χ0) is 18.9. The van der Waals surface area contributed by atoms with Gasteiger partial charge in [0.25, 0.3) is 0 Å². The van der Waals surface area contributed by atoms with Gasteiger partial charge in [-0.2, -0.15) is 0 Å². The molecule has 0 bridgehead atoms. The van der Waals surface area contributed by atoms with Gasteiger partial charge in [-0.25, -0.2) is 9.78 Å². The molecule has 140 valence electrons. The number of carbonyl (C=O) groups excluding carboxylic acids is 1. The average Bonchev–Trinajstić information content (AvgIpc) is 3.00. The van der Waals surface area contributed by atoms with Crippen LogP contribution in [0, 0.1) is 0 Å². The van der Waals surface area contributed by atoms with Crippen molar-refractivity contribution < 1.29 is 9.53 Å². The molecule has 0 amide bonds. The molecule has 5 heteroatoms. The molecule has 3 aromatic heterocycles. The highest BCUT2D eigenvalue weighted by Gasteiger charge is 2.23. The first-order valence-corrected chi connectivity index (χ1v) is 9.80. The number of fused-ring (bicyclic) bond motifs is 3. The summed E-state index contributed by atoms with van der Waals surface area (Å²) in [6, 6.07) is 13.7. The maximum atomic E-state index is 13.1. The molecule has 1 aromatic carbocycles. The lowest BCUT2D eigenvalue weighted by molar-refractivity contribution is 0.0469. The quantitative estimate of drug-likeness (QED) is 0.393. The van der Waals surface area contributed by atoms with E-state index in [4.69, 9.17) is 9.72 Å². The van der Waals surface area contributed by atoms with Gasteiger partial charge >= 0.3 is 5.97 Å². The zero-order valence-corrected chi connectivity index (χ0v) is 15.6. The van der Waals surface area contributed by atoms with Crippen LogP contribution >= 0.6 is 0 Å². The van der Waals surface area contributed by atoms with E-state index in [0.717, 1.165) is 59.2 Å². The van der Waals surface area contributed by atoms with E-state index in [-0.39, 0.29) is 12.6 Å². The number of aryl methyl sites for hydroxylation is 1. The highest BCUT2D eigenvalue weighted by atomic mass is 16.5. The topological polar surface area (TPSA) is 56.5 Å². The van der Waals surface area contributed by atoms with Crippen molar-refractivity contribution in [2.45, 2.75) is 38.7 Å². The van der Waals surface area contributed by atoms with Crippen LogP contribution in [0.3, 0.4) is 0 Å². The van der Waals surface area contributed by atoms with Crippen molar-refractivity contribution in [3.8, 4) is 0 Å². The van der Waals surface area contributed by atoms with E-state index in [1.807, 2.05) is 59.3 Å². The molecule has 0 unspecified atom stereocenters. The minimum absolute atomic E-state index is 0.159. The smallest absolute Gasteiger partial charge is 0.339 e. The zero-order valence-electron chi connectivity index (χ0n) is 15.6. The van der Waals surface area contributed by atoms with Crippen LogP contribution in [0.1, 0.15) is 46.6 Å². The van der Waals surface area contributed by atoms with Crippen molar-refractivity contribution in [1.29, 1.82) is 0 Å². The molecule has 0 N–H and O–H groups in total. The SMILES string of the molecule is O=C(OCc1cn2ccccc2n1)c1c2c(nc3ccccc13)CCCCC2. The molecule has 5 nitrogen and oxygen atoms in total. The Balaban J connectivity index is 1.50. The summed E-state index contributed by atoms with van der Waals surface area (Å²) in [6.45, 7) is 0.159. The third-order valence-electron chi connectivity index (χ3n) is 5.39. The molecule has 0 radical (unpaired) electrons. The predicted octanol–water partition coefficient (Wildman–Crippen LogP) is 4.51. The van der Waals surface area contributed by atoms with Crippen LogP contribution in [0.5, 0.6) is 0 Å². The maximum absolute atomic E-state index is 13.1. The lowest BCUT2D eigenvalue weighted by Crippen LogP contribution is -2.12. The maximum Gasteiger partial charge on any atom is 0.339 e. The second kappa shape index (κ2) is 7.08. The molecular formula is C23H21N3O2. The molecule has 0 aliphatic heterocycles. The van der Waals surface area contributed by atoms with Gasteiger partial charge in [0.15, 0.2) is 0 Å². The van der Waals surface area contributed by atoms with Gasteiger partial charge in [-0.1, -0.05) is 30.7 Å². The summed E-state index contributed by atoms with van der Waals surface area (Å²) < 4.78 is 7.64. The fourth-order valence-electron chi connectivity index (χ4n) is 4.05. The van der Waals surface area contributed by atoms with Crippen molar-refractivity contribution in [1.82, 2.24) is 14.4 Å². The predicted molar refractivity (Wildman–Crippen MR) is 107 cm³/mol. The molecule has 0 spiro atoms. The molecule has 1 aliphatic rings. The van der Waals surface area contributed by atoms with Gasteiger partial charge in [0.1, 0.15) is 12.3 Å². The van der Waals surface area contributed by atoms with Crippen molar-refractivity contribution in [2.24, 2.45) is 0 Å². The highest BCUT2D eigenvalue weighted by molar-refractivity contribution is 6.05. The lowest BCUT2D eigenvalue weighted by Gasteiger charge is -2.14. The van der Waals surface area contributed by atoms with Crippen LogP contribution in [0.15, 0.2) is 54.9 Å². The minimum atomic E-state index is -0.284. The summed E-state index contributed by atoms with van der Waals surface area (Å²) in [5.74, 6) is -0.284. The number of hydrogen-bond donors (Lipinski definition) is 0. The van der Waals surface area contributed by atoms with E-state index in [1.54, 1.807) is 0 Å². The van der Waals surface area contributed by atoms with E-state index < -0.39 is 0 Å². The van der Waals surface area contributed by atoms with Crippen molar-refractivity contribution in [3.05, 3.63) is 77.4 Å². The minimum Gasteiger partial charge on any atom is -0.455 e. The van der Waals surface area contributed by atoms with E-state index in [2.05, 4.69) is 4.98 Å². The Morgan fingerprint density at radius 3 is 2.79 bits per heavy atom. The average molecular weight is 371 g/mol. The number of para-hydroxylation sites is 1. The first kappa shape index (κ1) is 16.9. The monoisotopic (exact) mass is 371 g/mol. The standard InChI is InChI=1S/C23H21N3O2/c27-23(28-15-16-14-26-13-7-6-12-21(26)24-16)22-17-8-2-1-3-10-19(17)25-20-11-5-4-9-18(20)22/h4-7,9,11-14H,1-3,8,10,15H2. The lowest BCUT2D eigenvalue weighted by atomic mass is 9.97. The van der Waals surface area contributed by atoms with Crippen LogP contribution in [0.25, 0.3) is 16.6 Å². The van der Waals surface area contributed by atoms with E-state index in [1.165, 1.54) is 6.42 Å². The number of ether oxygens (including phenoxy) is 1. The second-order valence-corrected chi connectivity index (χ2v) is 7.26. The Morgan fingerprint density at radius 1 is 1.00 bits per heavy atom. The summed E-state index contributed by atoms with van der Waals surface area (Å²) in [5, 5.41) is 0.878. The van der Waals surface area contributed by atoms with Crippen molar-refractivity contribution in [3.63, 3.8) is 0 Å². The van der Waals surface area contributed by atoms with Gasteiger partial charge in [-0.05, 0) is 49.4 Å². The molecule has 3 heterocycles. The van der Waals surface area contributed by atoms with Crippen LogP contribution in [0.4, 0.5) is 0 Å². The third kappa shape index (κ3) is 3.03. The number of hydrogen-bond acceptors (Lipinski definition) is 4. The molecule has 0 saturated heterocycles. The summed E-state index contributed by atoms with van der Waals surface area (Å²) in [4.78, 5) is 22.5. The third-order valence-corrected chi connectivity index (χ3v) is 5.39. The van der Waals surface area contributed by atoms with Crippen LogP contribution in [-0.2, 0) is 24.2 Å². The van der Waals surface area contributed by atoms with Crippen LogP contribution < -0.4 is 0 Å². The summed E-state index contributed by atoms with van der Waals surface area (Å²) >= 11 is 0. The Bertz CT molecular complexity index is 1150. The number of benzene rings is 1. The molecule has 4 aromatic rings. The van der Waals surface area contributed by atoms with Gasteiger partial charge in [0.05, 0.1) is 16.8 Å². The van der Waals surface area contributed by atoms with Gasteiger partial charge in [-0.3, -0.25) is 4.98 Å². The number of nitrogens with zero attached hydrogens (tertiary/aromatic N) is 3. The van der Waals surface area contributed by atoms with Crippen LogP contribution in [-0.4, -0.2) is 20.3 Å². The molecule has 0 fully saturated rings. The summed E-state index contributed by atoms with van der Waals surface area (Å²) in [7, 11) is 0. The highest BCUT2D eigenvalue weighted by Crippen LogP contribution is 2.29. The molecule has 28 heavy (non-hydrogen) atoms.